The largest absolute Gasteiger partial charge is 0.350 e. The highest BCUT2D eigenvalue weighted by atomic mass is 35.5. The summed E-state index contributed by atoms with van der Waals surface area (Å²) in [6, 6.07) is 15.9. The van der Waals surface area contributed by atoms with Crippen molar-refractivity contribution >= 4 is 57.4 Å². The Bertz CT molecular complexity index is 1220. The summed E-state index contributed by atoms with van der Waals surface area (Å²) in [4.78, 5) is 27.8. The molecule has 35 heavy (non-hydrogen) atoms. The number of fused-ring (bicyclic) bond motifs is 1. The summed E-state index contributed by atoms with van der Waals surface area (Å²) in [6.07, 6.45) is 1.18. The van der Waals surface area contributed by atoms with Crippen LogP contribution in [0.1, 0.15) is 28.8 Å². The molecule has 3 aromatic rings. The van der Waals surface area contributed by atoms with Crippen molar-refractivity contribution in [2.75, 3.05) is 19.6 Å². The van der Waals surface area contributed by atoms with Gasteiger partial charge in [0.2, 0.25) is 5.91 Å². The zero-order valence-electron chi connectivity index (χ0n) is 19.1. The molecule has 1 aliphatic heterocycles. The number of amides is 2. The fourth-order valence-electron chi connectivity index (χ4n) is 4.37. The number of nitrogens with zero attached hydrogens (tertiary/aromatic N) is 1. The third-order valence-electron chi connectivity index (χ3n) is 6.12. The summed E-state index contributed by atoms with van der Waals surface area (Å²) in [7, 11) is 0. The van der Waals surface area contributed by atoms with Crippen molar-refractivity contribution in [2.45, 2.75) is 31.5 Å². The summed E-state index contributed by atoms with van der Waals surface area (Å²) in [5.74, 6) is -0.186. The first-order valence-electron chi connectivity index (χ1n) is 11.5. The first kappa shape index (κ1) is 25.7. The van der Waals surface area contributed by atoms with Gasteiger partial charge in [-0.15, -0.1) is 0 Å². The van der Waals surface area contributed by atoms with Crippen molar-refractivity contribution in [3.8, 4) is 0 Å². The van der Waals surface area contributed by atoms with Gasteiger partial charge in [0.25, 0.3) is 5.91 Å². The molecule has 9 heteroatoms. The lowest BCUT2D eigenvalue weighted by Gasteiger charge is -2.24. The maximum atomic E-state index is 13.2. The van der Waals surface area contributed by atoms with Crippen molar-refractivity contribution in [1.82, 2.24) is 15.5 Å². The van der Waals surface area contributed by atoms with Crippen LogP contribution in [-0.4, -0.2) is 48.4 Å². The first-order chi connectivity index (χ1) is 16.8. The molecule has 1 fully saturated rings. The third kappa shape index (κ3) is 6.66. The molecule has 0 bridgehead atoms. The summed E-state index contributed by atoms with van der Waals surface area (Å²) < 4.78 is 0. The Hall–Kier alpha value is -2.35. The van der Waals surface area contributed by atoms with Crippen LogP contribution in [0, 0.1) is 0 Å². The summed E-state index contributed by atoms with van der Waals surface area (Å²) in [5.41, 5.74) is 7.22. The van der Waals surface area contributed by atoms with E-state index in [1.165, 1.54) is 0 Å². The highest BCUT2D eigenvalue weighted by Crippen LogP contribution is 2.22. The van der Waals surface area contributed by atoms with Crippen LogP contribution in [0.25, 0.3) is 10.8 Å². The predicted molar refractivity (Wildman–Crippen MR) is 142 cm³/mol. The van der Waals surface area contributed by atoms with E-state index < -0.39 is 6.04 Å². The number of hydrogen-bond donors (Lipinski definition) is 3. The SMILES string of the molecule is NCC[C@H]1N[C@@H](CNC(=O)c2ccc3cc(Cl)ccc3c2)CCN(Cc2cc(Cl)cc(Cl)c2)C1=O. The fourth-order valence-corrected chi connectivity index (χ4v) is 5.12. The number of carbonyl (C=O) groups excluding carboxylic acids is 2. The monoisotopic (exact) mass is 532 g/mol. The Morgan fingerprint density at radius 2 is 1.71 bits per heavy atom. The Labute approximate surface area is 219 Å². The van der Waals surface area contributed by atoms with E-state index in [4.69, 9.17) is 40.5 Å². The molecule has 0 radical (unpaired) electrons. The van der Waals surface area contributed by atoms with Gasteiger partial charge in [-0.3, -0.25) is 9.59 Å². The second-order valence-corrected chi connectivity index (χ2v) is 10.0. The highest BCUT2D eigenvalue weighted by Gasteiger charge is 2.30. The number of nitrogens with one attached hydrogen (secondary N) is 2. The maximum Gasteiger partial charge on any atom is 0.251 e. The molecular weight excluding hydrogens is 507 g/mol. The second kappa shape index (κ2) is 11.6. The molecule has 4 rings (SSSR count). The standard InChI is InChI=1S/C26H27Cl3N4O2/c27-20-4-3-17-11-19(2-1-18(17)12-20)25(34)31-14-23-6-8-33(26(35)24(32-23)5-7-30)15-16-9-21(28)13-22(29)10-16/h1-4,9-13,23-24,32H,5-8,14-15,30H2,(H,31,34)/t23-,24-/m1/s1. The molecule has 2 amide bonds. The zero-order valence-corrected chi connectivity index (χ0v) is 21.3. The van der Waals surface area contributed by atoms with E-state index in [1.807, 2.05) is 36.4 Å². The van der Waals surface area contributed by atoms with Gasteiger partial charge in [0, 0.05) is 46.3 Å². The van der Waals surface area contributed by atoms with Gasteiger partial charge in [0.05, 0.1) is 6.04 Å². The molecule has 0 aromatic heterocycles. The quantitative estimate of drug-likeness (QED) is 0.413. The van der Waals surface area contributed by atoms with E-state index in [-0.39, 0.29) is 17.9 Å². The topological polar surface area (TPSA) is 87.5 Å². The van der Waals surface area contributed by atoms with Crippen molar-refractivity contribution in [1.29, 1.82) is 0 Å². The molecule has 0 saturated carbocycles. The molecule has 0 aliphatic carbocycles. The van der Waals surface area contributed by atoms with Gasteiger partial charge in [-0.05, 0) is 78.2 Å². The van der Waals surface area contributed by atoms with Crippen LogP contribution in [-0.2, 0) is 11.3 Å². The molecule has 4 N–H and O–H groups in total. The van der Waals surface area contributed by atoms with Crippen LogP contribution in [0.4, 0.5) is 0 Å². The minimum absolute atomic E-state index is 0.0198. The minimum Gasteiger partial charge on any atom is -0.350 e. The Morgan fingerprint density at radius 3 is 2.46 bits per heavy atom. The maximum absolute atomic E-state index is 13.2. The lowest BCUT2D eigenvalue weighted by Crippen LogP contribution is -2.49. The Morgan fingerprint density at radius 1 is 1.00 bits per heavy atom. The van der Waals surface area contributed by atoms with E-state index in [9.17, 15) is 9.59 Å². The molecule has 1 aliphatic rings. The van der Waals surface area contributed by atoms with Gasteiger partial charge in [-0.25, -0.2) is 0 Å². The average Bonchev–Trinajstić information content (AvgIpc) is 2.96. The molecule has 3 aromatic carbocycles. The van der Waals surface area contributed by atoms with Gasteiger partial charge in [-0.2, -0.15) is 0 Å². The highest BCUT2D eigenvalue weighted by molar-refractivity contribution is 6.34. The van der Waals surface area contributed by atoms with Gasteiger partial charge >= 0.3 is 0 Å². The normalized spacial score (nSPS) is 18.5. The number of halogens is 3. The molecule has 2 atom stereocenters. The van der Waals surface area contributed by atoms with Crippen LogP contribution in [0.2, 0.25) is 15.1 Å². The van der Waals surface area contributed by atoms with Crippen LogP contribution in [0.5, 0.6) is 0 Å². The third-order valence-corrected chi connectivity index (χ3v) is 6.79. The fraction of sp³-hybridized carbons (Fsp3) is 0.308. The van der Waals surface area contributed by atoms with E-state index in [0.717, 1.165) is 16.3 Å². The predicted octanol–water partition coefficient (Wildman–Crippen LogP) is 4.64. The van der Waals surface area contributed by atoms with Gasteiger partial charge in [0.15, 0.2) is 0 Å². The van der Waals surface area contributed by atoms with E-state index >= 15 is 0 Å². The number of nitrogens with two attached hydrogens (primary N) is 1. The number of hydrogen-bond acceptors (Lipinski definition) is 4. The molecule has 1 saturated heterocycles. The van der Waals surface area contributed by atoms with E-state index in [2.05, 4.69) is 10.6 Å². The van der Waals surface area contributed by atoms with Crippen LogP contribution in [0.15, 0.2) is 54.6 Å². The molecule has 1 heterocycles. The molecule has 184 valence electrons. The van der Waals surface area contributed by atoms with E-state index in [1.54, 1.807) is 23.1 Å². The molecule has 0 unspecified atom stereocenters. The van der Waals surface area contributed by atoms with Crippen LogP contribution in [0.3, 0.4) is 0 Å². The van der Waals surface area contributed by atoms with E-state index in [0.29, 0.717) is 59.7 Å². The van der Waals surface area contributed by atoms with Gasteiger partial charge < -0.3 is 21.3 Å². The van der Waals surface area contributed by atoms with Crippen LogP contribution < -0.4 is 16.4 Å². The van der Waals surface area contributed by atoms with Crippen molar-refractivity contribution in [2.24, 2.45) is 5.73 Å². The Balaban J connectivity index is 1.42. The molecular formula is C26H27Cl3N4O2. The van der Waals surface area contributed by atoms with Crippen LogP contribution >= 0.6 is 34.8 Å². The number of benzene rings is 3. The smallest absolute Gasteiger partial charge is 0.251 e. The zero-order chi connectivity index (χ0) is 24.9. The Kier molecular flexibility index (Phi) is 8.52. The second-order valence-electron chi connectivity index (χ2n) is 8.74. The average molecular weight is 534 g/mol. The molecule has 0 spiro atoms. The lowest BCUT2D eigenvalue weighted by molar-refractivity contribution is -0.133. The molecule has 6 nitrogen and oxygen atoms in total. The summed E-state index contributed by atoms with van der Waals surface area (Å²) >= 11 is 18.3. The minimum atomic E-state index is -0.426. The summed E-state index contributed by atoms with van der Waals surface area (Å²) in [5, 5.41) is 10.0. The van der Waals surface area contributed by atoms with Gasteiger partial charge in [-0.1, -0.05) is 46.9 Å². The van der Waals surface area contributed by atoms with Crippen molar-refractivity contribution < 1.29 is 9.59 Å². The number of carbonyl (C=O) groups is 2. The summed E-state index contributed by atoms with van der Waals surface area (Å²) in [6.45, 7) is 1.71. The van der Waals surface area contributed by atoms with Crippen molar-refractivity contribution in [3.05, 3.63) is 80.8 Å². The van der Waals surface area contributed by atoms with Gasteiger partial charge in [0.1, 0.15) is 0 Å². The lowest BCUT2D eigenvalue weighted by atomic mass is 10.1. The number of rotatable bonds is 7. The first-order valence-corrected chi connectivity index (χ1v) is 12.6. The van der Waals surface area contributed by atoms with Crippen molar-refractivity contribution in [3.63, 3.8) is 0 Å².